The molecule has 1 aromatic carbocycles. The molecule has 0 saturated heterocycles. The van der Waals surface area contributed by atoms with Gasteiger partial charge in [-0.25, -0.2) is 9.18 Å². The van der Waals surface area contributed by atoms with Crippen LogP contribution >= 0.6 is 11.3 Å². The van der Waals surface area contributed by atoms with E-state index in [0.29, 0.717) is 20.5 Å². The van der Waals surface area contributed by atoms with Gasteiger partial charge in [-0.2, -0.15) is 5.26 Å². The summed E-state index contributed by atoms with van der Waals surface area (Å²) in [4.78, 5) is 12.2. The van der Waals surface area contributed by atoms with Crippen LogP contribution in [0.2, 0.25) is 0 Å². The number of aryl methyl sites for hydroxylation is 1. The lowest BCUT2D eigenvalue weighted by molar-refractivity contribution is 0.0440. The van der Waals surface area contributed by atoms with Crippen molar-refractivity contribution in [2.75, 3.05) is 0 Å². The van der Waals surface area contributed by atoms with Crippen molar-refractivity contribution in [3.63, 3.8) is 0 Å². The Morgan fingerprint density at radius 2 is 2.28 bits per heavy atom. The van der Waals surface area contributed by atoms with Gasteiger partial charge in [0.2, 0.25) is 0 Å². The number of fused-ring (bicyclic) bond motifs is 1. The minimum Gasteiger partial charge on any atom is -0.443 e. The number of carbonyl (C=O) groups is 1. The molecule has 0 radical (unpaired) electrons. The summed E-state index contributed by atoms with van der Waals surface area (Å²) in [7, 11) is 0. The standard InChI is InChI=1S/C13H10FNO2S/c1-7(6-15)17-13(16)12-8(2)11-9(14)4-3-5-10(11)18-12/h3-5,7H,1-2H3/t7-/m0/s1. The number of halogens is 1. The van der Waals surface area contributed by atoms with E-state index in [1.54, 1.807) is 19.1 Å². The van der Waals surface area contributed by atoms with Gasteiger partial charge in [0.25, 0.3) is 0 Å². The Hall–Kier alpha value is -1.93. The fourth-order valence-electron chi connectivity index (χ4n) is 1.69. The number of ether oxygens (including phenoxy) is 1. The molecular weight excluding hydrogens is 253 g/mol. The Labute approximate surface area is 107 Å². The summed E-state index contributed by atoms with van der Waals surface area (Å²) in [5.74, 6) is -0.934. The largest absolute Gasteiger partial charge is 0.443 e. The summed E-state index contributed by atoms with van der Waals surface area (Å²) in [5.41, 5.74) is 0.559. The van der Waals surface area contributed by atoms with E-state index in [0.717, 1.165) is 0 Å². The van der Waals surface area contributed by atoms with Gasteiger partial charge in [0.15, 0.2) is 6.10 Å². The molecule has 0 unspecified atom stereocenters. The third-order valence-electron chi connectivity index (χ3n) is 2.55. The van der Waals surface area contributed by atoms with Gasteiger partial charge in [-0.05, 0) is 31.5 Å². The van der Waals surface area contributed by atoms with Crippen molar-refractivity contribution in [2.45, 2.75) is 20.0 Å². The molecule has 1 aromatic heterocycles. The van der Waals surface area contributed by atoms with E-state index < -0.39 is 12.1 Å². The summed E-state index contributed by atoms with van der Waals surface area (Å²) >= 11 is 1.17. The lowest BCUT2D eigenvalue weighted by Crippen LogP contribution is -2.12. The van der Waals surface area contributed by atoms with Crippen molar-refractivity contribution in [1.82, 2.24) is 0 Å². The average Bonchev–Trinajstić information content (AvgIpc) is 2.68. The van der Waals surface area contributed by atoms with E-state index >= 15 is 0 Å². The van der Waals surface area contributed by atoms with Crippen molar-refractivity contribution in [3.05, 3.63) is 34.5 Å². The molecule has 0 spiro atoms. The van der Waals surface area contributed by atoms with Crippen LogP contribution in [0.1, 0.15) is 22.2 Å². The van der Waals surface area contributed by atoms with Gasteiger partial charge in [0, 0.05) is 10.1 Å². The third kappa shape index (κ3) is 2.07. The van der Waals surface area contributed by atoms with Gasteiger partial charge in [-0.1, -0.05) is 6.07 Å². The SMILES string of the molecule is Cc1c(C(=O)O[C@@H](C)C#N)sc2cccc(F)c12. The number of thiophene rings is 1. The molecule has 0 aliphatic rings. The number of benzene rings is 1. The quantitative estimate of drug-likeness (QED) is 0.780. The van der Waals surface area contributed by atoms with E-state index in [4.69, 9.17) is 10.00 Å². The average molecular weight is 263 g/mol. The second kappa shape index (κ2) is 4.75. The van der Waals surface area contributed by atoms with Crippen LogP contribution < -0.4 is 0 Å². The molecule has 1 heterocycles. The van der Waals surface area contributed by atoms with Gasteiger partial charge in [0.05, 0.1) is 0 Å². The molecule has 92 valence electrons. The highest BCUT2D eigenvalue weighted by atomic mass is 32.1. The zero-order valence-electron chi connectivity index (χ0n) is 9.86. The maximum absolute atomic E-state index is 13.7. The molecule has 0 saturated carbocycles. The number of rotatable bonds is 2. The van der Waals surface area contributed by atoms with E-state index in [-0.39, 0.29) is 5.82 Å². The molecule has 0 N–H and O–H groups in total. The van der Waals surface area contributed by atoms with Crippen molar-refractivity contribution >= 4 is 27.4 Å². The summed E-state index contributed by atoms with van der Waals surface area (Å²) in [6.07, 6.45) is -0.813. The monoisotopic (exact) mass is 263 g/mol. The Morgan fingerprint density at radius 1 is 1.56 bits per heavy atom. The minimum atomic E-state index is -0.813. The Kier molecular flexibility index (Phi) is 3.30. The number of nitrogens with zero attached hydrogens (tertiary/aromatic N) is 1. The predicted octanol–water partition coefficient (Wildman–Crippen LogP) is 3.42. The number of carbonyl (C=O) groups excluding carboxylic acids is 1. The van der Waals surface area contributed by atoms with Crippen LogP contribution in [0.5, 0.6) is 0 Å². The fraction of sp³-hybridized carbons (Fsp3) is 0.231. The van der Waals surface area contributed by atoms with Crippen LogP contribution in [0.25, 0.3) is 10.1 Å². The maximum atomic E-state index is 13.7. The highest BCUT2D eigenvalue weighted by Gasteiger charge is 2.20. The molecule has 0 aliphatic heterocycles. The van der Waals surface area contributed by atoms with Gasteiger partial charge < -0.3 is 4.74 Å². The van der Waals surface area contributed by atoms with Crippen LogP contribution in [0.3, 0.4) is 0 Å². The molecule has 2 rings (SSSR count). The first kappa shape index (κ1) is 12.5. The lowest BCUT2D eigenvalue weighted by atomic mass is 10.1. The smallest absolute Gasteiger partial charge is 0.349 e. The first-order valence-electron chi connectivity index (χ1n) is 5.32. The van der Waals surface area contributed by atoms with E-state index in [1.807, 2.05) is 6.07 Å². The molecule has 0 amide bonds. The zero-order chi connectivity index (χ0) is 13.3. The van der Waals surface area contributed by atoms with Crippen LogP contribution in [0.15, 0.2) is 18.2 Å². The van der Waals surface area contributed by atoms with E-state index in [9.17, 15) is 9.18 Å². The summed E-state index contributed by atoms with van der Waals surface area (Å²) in [6.45, 7) is 3.16. The highest BCUT2D eigenvalue weighted by Crippen LogP contribution is 2.33. The molecular formula is C13H10FNO2S. The Morgan fingerprint density at radius 3 is 2.89 bits per heavy atom. The fourth-order valence-corrected chi connectivity index (χ4v) is 2.79. The van der Waals surface area contributed by atoms with Crippen LogP contribution in [0.4, 0.5) is 4.39 Å². The number of hydrogen-bond donors (Lipinski definition) is 0. The molecule has 0 fully saturated rings. The first-order chi connectivity index (χ1) is 8.54. The number of hydrogen-bond acceptors (Lipinski definition) is 4. The third-order valence-corrected chi connectivity index (χ3v) is 3.79. The van der Waals surface area contributed by atoms with Crippen molar-refractivity contribution in [1.29, 1.82) is 5.26 Å². The minimum absolute atomic E-state index is 0.345. The summed E-state index contributed by atoms with van der Waals surface area (Å²) < 4.78 is 19.3. The topological polar surface area (TPSA) is 50.1 Å². The second-order valence-electron chi connectivity index (χ2n) is 3.85. The summed E-state index contributed by atoms with van der Waals surface area (Å²) in [6, 6.07) is 6.52. The van der Waals surface area contributed by atoms with Crippen molar-refractivity contribution < 1.29 is 13.9 Å². The van der Waals surface area contributed by atoms with Crippen LogP contribution in [0, 0.1) is 24.1 Å². The Balaban J connectivity index is 2.47. The van der Waals surface area contributed by atoms with Crippen LogP contribution in [-0.4, -0.2) is 12.1 Å². The van der Waals surface area contributed by atoms with Crippen LogP contribution in [-0.2, 0) is 4.74 Å². The molecule has 0 bridgehead atoms. The number of nitriles is 1. The molecule has 3 nitrogen and oxygen atoms in total. The maximum Gasteiger partial charge on any atom is 0.349 e. The molecule has 2 aromatic rings. The molecule has 5 heteroatoms. The highest BCUT2D eigenvalue weighted by molar-refractivity contribution is 7.21. The molecule has 1 atom stereocenters. The second-order valence-corrected chi connectivity index (χ2v) is 4.90. The number of esters is 1. The Bertz CT molecular complexity index is 657. The van der Waals surface area contributed by atoms with E-state index in [2.05, 4.69) is 0 Å². The van der Waals surface area contributed by atoms with Gasteiger partial charge in [0.1, 0.15) is 16.8 Å². The molecule has 18 heavy (non-hydrogen) atoms. The van der Waals surface area contributed by atoms with Gasteiger partial charge in [-0.15, -0.1) is 11.3 Å². The van der Waals surface area contributed by atoms with Gasteiger partial charge in [-0.3, -0.25) is 0 Å². The lowest BCUT2D eigenvalue weighted by Gasteiger charge is -2.04. The normalized spacial score (nSPS) is 12.1. The first-order valence-corrected chi connectivity index (χ1v) is 6.14. The van der Waals surface area contributed by atoms with Crippen molar-refractivity contribution in [3.8, 4) is 6.07 Å². The van der Waals surface area contributed by atoms with Gasteiger partial charge >= 0.3 is 5.97 Å². The zero-order valence-corrected chi connectivity index (χ0v) is 10.7. The molecule has 0 aliphatic carbocycles. The van der Waals surface area contributed by atoms with Crippen molar-refractivity contribution in [2.24, 2.45) is 0 Å². The summed E-state index contributed by atoms with van der Waals surface area (Å²) in [5, 5.41) is 9.04. The van der Waals surface area contributed by atoms with E-state index in [1.165, 1.54) is 24.3 Å². The predicted molar refractivity (Wildman–Crippen MR) is 67.0 cm³/mol.